The van der Waals surface area contributed by atoms with Crippen LogP contribution in [0.3, 0.4) is 0 Å². The van der Waals surface area contributed by atoms with Gasteiger partial charge in [-0.1, -0.05) is 0 Å². The second-order valence-corrected chi connectivity index (χ2v) is 2.43. The van der Waals surface area contributed by atoms with Gasteiger partial charge in [-0.05, 0) is 12.1 Å². The number of nitrogens with one attached hydrogen (secondary N) is 2. The lowest BCUT2D eigenvalue weighted by atomic mass is 10.3. The Hall–Kier alpha value is -1.91. The topological polar surface area (TPSA) is 91.4 Å². The van der Waals surface area contributed by atoms with E-state index in [1.54, 1.807) is 12.1 Å². The zero-order valence-corrected chi connectivity index (χ0v) is 7.16. The Morgan fingerprint density at radius 3 is 2.77 bits per heavy atom. The average Bonchev–Trinajstić information content (AvgIpc) is 2.03. The van der Waals surface area contributed by atoms with Crippen LogP contribution in [0.5, 0.6) is 11.5 Å². The van der Waals surface area contributed by atoms with Gasteiger partial charge >= 0.3 is 0 Å². The van der Waals surface area contributed by atoms with E-state index in [2.05, 4.69) is 5.32 Å². The maximum absolute atomic E-state index is 9.33. The van der Waals surface area contributed by atoms with Gasteiger partial charge in [0, 0.05) is 11.8 Å². The maximum Gasteiger partial charge on any atom is 0.190 e. The Kier molecular flexibility index (Phi) is 2.59. The van der Waals surface area contributed by atoms with Crippen LogP contribution in [-0.2, 0) is 0 Å². The standard InChI is InChI=1S/C8H11N3O2/c1-13-7-3-2-5(4-6(7)12)11-8(9)10/h2-4,12H,1H3,(H4,9,10,11). The normalized spacial score (nSPS) is 9.31. The molecule has 1 rings (SSSR count). The van der Waals surface area contributed by atoms with Gasteiger partial charge in [-0.2, -0.15) is 0 Å². The molecular formula is C8H11N3O2. The van der Waals surface area contributed by atoms with Crippen molar-refractivity contribution in [1.29, 1.82) is 5.41 Å². The molecule has 5 heteroatoms. The zero-order valence-electron chi connectivity index (χ0n) is 7.16. The van der Waals surface area contributed by atoms with E-state index in [0.717, 1.165) is 0 Å². The number of benzene rings is 1. The van der Waals surface area contributed by atoms with E-state index in [-0.39, 0.29) is 11.7 Å². The second-order valence-electron chi connectivity index (χ2n) is 2.43. The van der Waals surface area contributed by atoms with Crippen LogP contribution in [0.1, 0.15) is 0 Å². The van der Waals surface area contributed by atoms with Gasteiger partial charge in [0.25, 0.3) is 0 Å². The van der Waals surface area contributed by atoms with E-state index in [4.69, 9.17) is 15.9 Å². The molecule has 0 aliphatic rings. The lowest BCUT2D eigenvalue weighted by Crippen LogP contribution is -2.20. The number of phenolic OH excluding ortho intramolecular Hbond substituents is 1. The molecule has 0 fully saturated rings. The molecular weight excluding hydrogens is 170 g/mol. The summed E-state index contributed by atoms with van der Waals surface area (Å²) < 4.78 is 4.84. The first-order valence-electron chi connectivity index (χ1n) is 3.61. The summed E-state index contributed by atoms with van der Waals surface area (Å²) >= 11 is 0. The number of anilines is 1. The fourth-order valence-electron chi connectivity index (χ4n) is 0.923. The summed E-state index contributed by atoms with van der Waals surface area (Å²) in [6.45, 7) is 0. The second kappa shape index (κ2) is 3.66. The van der Waals surface area contributed by atoms with Gasteiger partial charge in [0.2, 0.25) is 0 Å². The number of nitrogens with two attached hydrogens (primary N) is 1. The Labute approximate surface area is 75.6 Å². The first-order valence-corrected chi connectivity index (χ1v) is 3.61. The molecule has 0 radical (unpaired) electrons. The van der Waals surface area contributed by atoms with Crippen molar-refractivity contribution in [1.82, 2.24) is 0 Å². The molecule has 0 atom stereocenters. The van der Waals surface area contributed by atoms with Gasteiger partial charge in [0.1, 0.15) is 0 Å². The molecule has 1 aromatic rings. The van der Waals surface area contributed by atoms with E-state index in [1.807, 2.05) is 0 Å². The first kappa shape index (κ1) is 9.18. The lowest BCUT2D eigenvalue weighted by molar-refractivity contribution is 0.373. The quantitative estimate of drug-likeness (QED) is 0.399. The van der Waals surface area contributed by atoms with Crippen LogP contribution >= 0.6 is 0 Å². The Morgan fingerprint density at radius 1 is 1.62 bits per heavy atom. The van der Waals surface area contributed by atoms with E-state index in [0.29, 0.717) is 11.4 Å². The van der Waals surface area contributed by atoms with E-state index < -0.39 is 0 Å². The first-order chi connectivity index (χ1) is 6.13. The van der Waals surface area contributed by atoms with Gasteiger partial charge in [-0.25, -0.2) is 0 Å². The van der Waals surface area contributed by atoms with Gasteiger partial charge in [0.05, 0.1) is 7.11 Å². The van der Waals surface area contributed by atoms with Crippen LogP contribution in [0.15, 0.2) is 18.2 Å². The summed E-state index contributed by atoms with van der Waals surface area (Å²) in [6.07, 6.45) is 0. The van der Waals surface area contributed by atoms with Crippen molar-refractivity contribution >= 4 is 11.6 Å². The monoisotopic (exact) mass is 181 g/mol. The van der Waals surface area contributed by atoms with Crippen molar-refractivity contribution in [3.05, 3.63) is 18.2 Å². The molecule has 70 valence electrons. The van der Waals surface area contributed by atoms with Crippen LogP contribution < -0.4 is 15.8 Å². The third kappa shape index (κ3) is 2.26. The molecule has 1 aromatic carbocycles. The predicted octanol–water partition coefficient (Wildman–Crippen LogP) is 0.706. The summed E-state index contributed by atoms with van der Waals surface area (Å²) in [5.41, 5.74) is 5.65. The SMILES string of the molecule is COc1ccc(NC(=N)N)cc1O. The number of guanidine groups is 1. The van der Waals surface area contributed by atoms with Crippen molar-refractivity contribution in [2.75, 3.05) is 12.4 Å². The molecule has 0 aromatic heterocycles. The Morgan fingerprint density at radius 2 is 2.31 bits per heavy atom. The van der Waals surface area contributed by atoms with E-state index in [1.165, 1.54) is 13.2 Å². The Balaban J connectivity index is 2.89. The molecule has 0 saturated heterocycles. The molecule has 0 saturated carbocycles. The molecule has 0 spiro atoms. The van der Waals surface area contributed by atoms with Crippen LogP contribution in [0, 0.1) is 5.41 Å². The molecule has 0 aliphatic carbocycles. The minimum Gasteiger partial charge on any atom is -0.504 e. The fraction of sp³-hybridized carbons (Fsp3) is 0.125. The van der Waals surface area contributed by atoms with Crippen molar-refractivity contribution in [3.8, 4) is 11.5 Å². The number of hydrogen-bond donors (Lipinski definition) is 4. The average molecular weight is 181 g/mol. The molecule has 0 bridgehead atoms. The molecule has 0 heterocycles. The molecule has 0 aliphatic heterocycles. The highest BCUT2D eigenvalue weighted by Gasteiger charge is 2.01. The highest BCUT2D eigenvalue weighted by Crippen LogP contribution is 2.28. The smallest absolute Gasteiger partial charge is 0.190 e. The number of phenols is 1. The summed E-state index contributed by atoms with van der Waals surface area (Å²) in [5.74, 6) is 0.215. The van der Waals surface area contributed by atoms with Crippen LogP contribution in [0.25, 0.3) is 0 Å². The minimum absolute atomic E-state index is 0.00810. The number of hydrogen-bond acceptors (Lipinski definition) is 3. The van der Waals surface area contributed by atoms with Gasteiger partial charge < -0.3 is 20.9 Å². The summed E-state index contributed by atoms with van der Waals surface area (Å²) in [7, 11) is 1.47. The third-order valence-corrected chi connectivity index (χ3v) is 1.46. The van der Waals surface area contributed by atoms with Crippen LogP contribution in [0.4, 0.5) is 5.69 Å². The van der Waals surface area contributed by atoms with E-state index >= 15 is 0 Å². The number of aromatic hydroxyl groups is 1. The maximum atomic E-state index is 9.33. The molecule has 13 heavy (non-hydrogen) atoms. The largest absolute Gasteiger partial charge is 0.504 e. The summed E-state index contributed by atoms with van der Waals surface area (Å²) in [6, 6.07) is 4.67. The molecule has 0 amide bonds. The van der Waals surface area contributed by atoms with Crippen LogP contribution in [-0.4, -0.2) is 18.2 Å². The van der Waals surface area contributed by atoms with Crippen molar-refractivity contribution in [2.24, 2.45) is 5.73 Å². The number of ether oxygens (including phenoxy) is 1. The van der Waals surface area contributed by atoms with Crippen LogP contribution in [0.2, 0.25) is 0 Å². The molecule has 0 unspecified atom stereocenters. The number of methoxy groups -OCH3 is 1. The molecule has 5 nitrogen and oxygen atoms in total. The highest BCUT2D eigenvalue weighted by molar-refractivity contribution is 5.90. The zero-order chi connectivity index (χ0) is 9.84. The lowest BCUT2D eigenvalue weighted by Gasteiger charge is -2.06. The van der Waals surface area contributed by atoms with Gasteiger partial charge in [0.15, 0.2) is 17.5 Å². The predicted molar refractivity (Wildman–Crippen MR) is 50.2 cm³/mol. The van der Waals surface area contributed by atoms with Gasteiger partial charge in [-0.15, -0.1) is 0 Å². The summed E-state index contributed by atoms with van der Waals surface area (Å²) in [4.78, 5) is 0. The summed E-state index contributed by atoms with van der Waals surface area (Å²) in [5, 5.41) is 18.8. The minimum atomic E-state index is -0.176. The van der Waals surface area contributed by atoms with Crippen molar-refractivity contribution < 1.29 is 9.84 Å². The highest BCUT2D eigenvalue weighted by atomic mass is 16.5. The fourth-order valence-corrected chi connectivity index (χ4v) is 0.923. The number of rotatable bonds is 2. The Bertz CT molecular complexity index is 325. The van der Waals surface area contributed by atoms with E-state index in [9.17, 15) is 5.11 Å². The molecule has 5 N–H and O–H groups in total. The third-order valence-electron chi connectivity index (χ3n) is 1.46. The van der Waals surface area contributed by atoms with Gasteiger partial charge in [-0.3, -0.25) is 5.41 Å². The van der Waals surface area contributed by atoms with Crippen molar-refractivity contribution in [3.63, 3.8) is 0 Å². The van der Waals surface area contributed by atoms with Crippen molar-refractivity contribution in [2.45, 2.75) is 0 Å².